The lowest BCUT2D eigenvalue weighted by Crippen LogP contribution is -2.30. The van der Waals surface area contributed by atoms with Crippen LogP contribution in [-0.2, 0) is 4.79 Å². The SMILES string of the molecule is CC(C)n1c(C2CCN(C(=O)CC3CCCCC3)C2)nc2ccncc21. The predicted octanol–water partition coefficient (Wildman–Crippen LogP) is 4.30. The van der Waals surface area contributed by atoms with E-state index >= 15 is 0 Å². The van der Waals surface area contributed by atoms with E-state index in [4.69, 9.17) is 4.98 Å². The fourth-order valence-electron chi connectivity index (χ4n) is 4.76. The molecule has 2 aromatic rings. The molecule has 1 atom stereocenters. The van der Waals surface area contributed by atoms with E-state index < -0.39 is 0 Å². The number of fused-ring (bicyclic) bond motifs is 1. The first kappa shape index (κ1) is 17.5. The molecule has 140 valence electrons. The van der Waals surface area contributed by atoms with Gasteiger partial charge in [0.1, 0.15) is 5.82 Å². The zero-order valence-corrected chi connectivity index (χ0v) is 16.0. The molecule has 0 N–H and O–H groups in total. The molecule has 0 spiro atoms. The van der Waals surface area contributed by atoms with Crippen LogP contribution in [0.2, 0.25) is 0 Å². The van der Waals surface area contributed by atoms with Crippen LogP contribution in [0, 0.1) is 5.92 Å². The molecule has 1 aliphatic heterocycles. The van der Waals surface area contributed by atoms with Crippen molar-refractivity contribution in [3.05, 3.63) is 24.3 Å². The van der Waals surface area contributed by atoms with Gasteiger partial charge < -0.3 is 9.47 Å². The molecule has 2 aliphatic rings. The van der Waals surface area contributed by atoms with Gasteiger partial charge in [-0.25, -0.2) is 4.98 Å². The van der Waals surface area contributed by atoms with E-state index in [2.05, 4.69) is 28.3 Å². The Bertz CT molecular complexity index is 775. The van der Waals surface area contributed by atoms with Gasteiger partial charge in [0.15, 0.2) is 0 Å². The van der Waals surface area contributed by atoms with Crippen LogP contribution < -0.4 is 0 Å². The Morgan fingerprint density at radius 3 is 2.81 bits per heavy atom. The van der Waals surface area contributed by atoms with Crippen molar-refractivity contribution in [1.29, 1.82) is 0 Å². The average Bonchev–Trinajstić information content (AvgIpc) is 3.27. The number of nitrogens with zero attached hydrogens (tertiary/aromatic N) is 4. The highest BCUT2D eigenvalue weighted by Gasteiger charge is 2.32. The van der Waals surface area contributed by atoms with E-state index in [-0.39, 0.29) is 0 Å². The first-order valence-electron chi connectivity index (χ1n) is 10.2. The summed E-state index contributed by atoms with van der Waals surface area (Å²) in [5.41, 5.74) is 2.11. The quantitative estimate of drug-likeness (QED) is 0.822. The molecule has 2 fully saturated rings. The summed E-state index contributed by atoms with van der Waals surface area (Å²) in [6.07, 6.45) is 11.9. The summed E-state index contributed by atoms with van der Waals surface area (Å²) in [7, 11) is 0. The van der Waals surface area contributed by atoms with Gasteiger partial charge in [0.05, 0.1) is 17.2 Å². The number of carbonyl (C=O) groups excluding carboxylic acids is 1. The smallest absolute Gasteiger partial charge is 0.222 e. The van der Waals surface area contributed by atoms with Crippen LogP contribution in [0.4, 0.5) is 0 Å². The Labute approximate surface area is 155 Å². The number of pyridine rings is 1. The molecule has 2 aromatic heterocycles. The van der Waals surface area contributed by atoms with Crippen LogP contribution in [-0.4, -0.2) is 38.4 Å². The van der Waals surface area contributed by atoms with Gasteiger partial charge >= 0.3 is 0 Å². The van der Waals surface area contributed by atoms with Crippen LogP contribution >= 0.6 is 0 Å². The summed E-state index contributed by atoms with van der Waals surface area (Å²) in [5, 5.41) is 0. The molecule has 5 nitrogen and oxygen atoms in total. The Balaban J connectivity index is 1.49. The summed E-state index contributed by atoms with van der Waals surface area (Å²) in [6, 6.07) is 2.32. The van der Waals surface area contributed by atoms with Crippen molar-refractivity contribution >= 4 is 16.9 Å². The number of rotatable bonds is 4. The van der Waals surface area contributed by atoms with Crippen molar-refractivity contribution in [2.75, 3.05) is 13.1 Å². The van der Waals surface area contributed by atoms with E-state index in [1.54, 1.807) is 6.20 Å². The molecule has 0 aromatic carbocycles. The van der Waals surface area contributed by atoms with E-state index in [0.29, 0.717) is 23.8 Å². The van der Waals surface area contributed by atoms with Crippen molar-refractivity contribution in [2.45, 2.75) is 70.8 Å². The summed E-state index contributed by atoms with van der Waals surface area (Å²) < 4.78 is 2.31. The van der Waals surface area contributed by atoms with Gasteiger partial charge in [-0.3, -0.25) is 9.78 Å². The first-order valence-corrected chi connectivity index (χ1v) is 10.2. The van der Waals surface area contributed by atoms with Gasteiger partial charge in [0.25, 0.3) is 0 Å². The van der Waals surface area contributed by atoms with Crippen LogP contribution in [0.1, 0.15) is 76.6 Å². The van der Waals surface area contributed by atoms with Crippen LogP contribution in [0.3, 0.4) is 0 Å². The molecule has 5 heteroatoms. The second-order valence-electron chi connectivity index (χ2n) is 8.33. The van der Waals surface area contributed by atoms with Crippen molar-refractivity contribution in [3.63, 3.8) is 0 Å². The number of likely N-dealkylation sites (tertiary alicyclic amines) is 1. The van der Waals surface area contributed by atoms with Gasteiger partial charge in [-0.15, -0.1) is 0 Å². The fraction of sp³-hybridized carbons (Fsp3) is 0.667. The second kappa shape index (κ2) is 7.37. The van der Waals surface area contributed by atoms with E-state index in [0.717, 1.165) is 42.8 Å². The molecule has 3 heterocycles. The Hall–Kier alpha value is -1.91. The van der Waals surface area contributed by atoms with Crippen molar-refractivity contribution in [3.8, 4) is 0 Å². The average molecular weight is 354 g/mol. The van der Waals surface area contributed by atoms with Crippen molar-refractivity contribution in [2.24, 2.45) is 5.92 Å². The lowest BCUT2D eigenvalue weighted by molar-refractivity contribution is -0.131. The third kappa shape index (κ3) is 3.36. The Kier molecular flexibility index (Phi) is 4.96. The van der Waals surface area contributed by atoms with Crippen LogP contribution in [0.5, 0.6) is 0 Å². The number of imidazole rings is 1. The van der Waals surface area contributed by atoms with Gasteiger partial charge in [0, 0.05) is 37.7 Å². The van der Waals surface area contributed by atoms with Gasteiger partial charge in [0.2, 0.25) is 5.91 Å². The third-order valence-corrected chi connectivity index (χ3v) is 6.13. The maximum atomic E-state index is 12.8. The molecule has 1 saturated carbocycles. The van der Waals surface area contributed by atoms with E-state index in [1.165, 1.54) is 32.1 Å². The molecule has 26 heavy (non-hydrogen) atoms. The molecule has 4 rings (SSSR count). The largest absolute Gasteiger partial charge is 0.342 e. The fourth-order valence-corrected chi connectivity index (χ4v) is 4.76. The van der Waals surface area contributed by atoms with Gasteiger partial charge in [-0.1, -0.05) is 19.3 Å². The number of hydrogen-bond donors (Lipinski definition) is 0. The van der Waals surface area contributed by atoms with Gasteiger partial charge in [-0.2, -0.15) is 0 Å². The molecule has 1 saturated heterocycles. The van der Waals surface area contributed by atoms with Crippen LogP contribution in [0.25, 0.3) is 11.0 Å². The highest BCUT2D eigenvalue weighted by atomic mass is 16.2. The van der Waals surface area contributed by atoms with Crippen molar-refractivity contribution in [1.82, 2.24) is 19.4 Å². The number of aromatic nitrogens is 3. The standard InChI is InChI=1S/C21H30N4O/c1-15(2)25-19-13-22-10-8-18(19)23-21(25)17-9-11-24(14-17)20(26)12-16-6-4-3-5-7-16/h8,10,13,15-17H,3-7,9,11-12,14H2,1-2H3. The first-order chi connectivity index (χ1) is 12.6. The molecule has 0 radical (unpaired) electrons. The second-order valence-corrected chi connectivity index (χ2v) is 8.33. The minimum absolute atomic E-state index is 0.333. The maximum absolute atomic E-state index is 12.8. The summed E-state index contributed by atoms with van der Waals surface area (Å²) in [4.78, 5) is 24.0. The summed E-state index contributed by atoms with van der Waals surface area (Å²) in [6.45, 7) is 6.07. The van der Waals surface area contributed by atoms with E-state index in [9.17, 15) is 4.79 Å². The molecular formula is C21H30N4O. The Morgan fingerprint density at radius 1 is 1.23 bits per heavy atom. The predicted molar refractivity (Wildman–Crippen MR) is 103 cm³/mol. The third-order valence-electron chi connectivity index (χ3n) is 6.13. The summed E-state index contributed by atoms with van der Waals surface area (Å²) >= 11 is 0. The Morgan fingerprint density at radius 2 is 2.04 bits per heavy atom. The zero-order valence-electron chi connectivity index (χ0n) is 16.0. The molecule has 0 bridgehead atoms. The molecule has 1 unspecified atom stereocenters. The van der Waals surface area contributed by atoms with E-state index in [1.807, 2.05) is 12.3 Å². The minimum Gasteiger partial charge on any atom is -0.342 e. The normalized spacial score (nSPS) is 21.8. The lowest BCUT2D eigenvalue weighted by Gasteiger charge is -2.24. The molecular weight excluding hydrogens is 324 g/mol. The number of carbonyl (C=O) groups is 1. The highest BCUT2D eigenvalue weighted by molar-refractivity contribution is 5.77. The van der Waals surface area contributed by atoms with Crippen molar-refractivity contribution < 1.29 is 4.79 Å². The zero-order chi connectivity index (χ0) is 18.1. The van der Waals surface area contributed by atoms with Gasteiger partial charge in [-0.05, 0) is 45.1 Å². The molecule has 1 aliphatic carbocycles. The molecule has 1 amide bonds. The maximum Gasteiger partial charge on any atom is 0.222 e. The summed E-state index contributed by atoms with van der Waals surface area (Å²) in [5.74, 6) is 2.42. The highest BCUT2D eigenvalue weighted by Crippen LogP contribution is 2.33. The number of hydrogen-bond acceptors (Lipinski definition) is 3. The number of amides is 1. The lowest BCUT2D eigenvalue weighted by atomic mass is 9.87. The minimum atomic E-state index is 0.333. The van der Waals surface area contributed by atoms with Crippen LogP contribution in [0.15, 0.2) is 18.5 Å². The monoisotopic (exact) mass is 354 g/mol. The topological polar surface area (TPSA) is 51.0 Å².